The molecule has 0 amide bonds. The third kappa shape index (κ3) is 3.52. The highest BCUT2D eigenvalue weighted by Crippen LogP contribution is 2.20. The van der Waals surface area contributed by atoms with Gasteiger partial charge < -0.3 is 9.72 Å². The van der Waals surface area contributed by atoms with Gasteiger partial charge >= 0.3 is 5.97 Å². The van der Waals surface area contributed by atoms with Gasteiger partial charge in [-0.1, -0.05) is 29.8 Å². The summed E-state index contributed by atoms with van der Waals surface area (Å²) in [5.41, 5.74) is 3.54. The Hall–Kier alpha value is -2.00. The molecule has 2 rings (SSSR count). The Morgan fingerprint density at radius 1 is 1.35 bits per heavy atom. The van der Waals surface area contributed by atoms with E-state index in [2.05, 4.69) is 4.98 Å². The van der Waals surface area contributed by atoms with Crippen LogP contribution in [0.3, 0.4) is 0 Å². The van der Waals surface area contributed by atoms with E-state index >= 15 is 0 Å². The molecule has 104 valence electrons. The van der Waals surface area contributed by atoms with Gasteiger partial charge in [-0.05, 0) is 48.7 Å². The van der Waals surface area contributed by atoms with Crippen molar-refractivity contribution in [3.63, 3.8) is 0 Å². The fourth-order valence-electron chi connectivity index (χ4n) is 1.84. The number of nitrogens with one attached hydrogen (secondary N) is 1. The minimum absolute atomic E-state index is 0.335. The third-order valence-electron chi connectivity index (χ3n) is 2.89. The first-order valence-electron chi connectivity index (χ1n) is 6.40. The van der Waals surface area contributed by atoms with Crippen LogP contribution in [0.25, 0.3) is 11.6 Å². The molecule has 3 nitrogen and oxygen atoms in total. The highest BCUT2D eigenvalue weighted by Gasteiger charge is 2.09. The largest absolute Gasteiger partial charge is 0.461 e. The average Bonchev–Trinajstić information content (AvgIpc) is 2.91. The van der Waals surface area contributed by atoms with Crippen LogP contribution in [-0.2, 0) is 4.74 Å². The van der Waals surface area contributed by atoms with E-state index in [0.717, 1.165) is 16.7 Å². The second kappa shape index (κ2) is 6.44. The van der Waals surface area contributed by atoms with Gasteiger partial charge in [-0.2, -0.15) is 0 Å². The van der Waals surface area contributed by atoms with Crippen molar-refractivity contribution in [2.75, 3.05) is 6.61 Å². The molecule has 1 N–H and O–H groups in total. The van der Waals surface area contributed by atoms with Crippen molar-refractivity contribution in [2.45, 2.75) is 13.8 Å². The summed E-state index contributed by atoms with van der Waals surface area (Å²) >= 11 is 5.86. The molecule has 0 saturated carbocycles. The minimum atomic E-state index is -0.335. The van der Waals surface area contributed by atoms with Gasteiger partial charge in [0.25, 0.3) is 0 Å². The zero-order valence-electron chi connectivity index (χ0n) is 11.4. The number of halogens is 1. The molecule has 0 aliphatic rings. The summed E-state index contributed by atoms with van der Waals surface area (Å²) in [6, 6.07) is 9.39. The first-order valence-corrected chi connectivity index (χ1v) is 6.77. The smallest absolute Gasteiger partial charge is 0.354 e. The topological polar surface area (TPSA) is 42.1 Å². The van der Waals surface area contributed by atoms with E-state index in [1.54, 1.807) is 19.2 Å². The predicted octanol–water partition coefficient (Wildman–Crippen LogP) is 4.41. The van der Waals surface area contributed by atoms with Gasteiger partial charge in [0.2, 0.25) is 0 Å². The molecule has 0 spiro atoms. The summed E-state index contributed by atoms with van der Waals surface area (Å²) in [6.45, 7) is 4.15. The summed E-state index contributed by atoms with van der Waals surface area (Å²) in [5, 5.41) is 0.714. The van der Waals surface area contributed by atoms with Crippen LogP contribution in [0.1, 0.15) is 35.5 Å². The lowest BCUT2D eigenvalue weighted by molar-refractivity contribution is 0.0520. The van der Waals surface area contributed by atoms with Crippen molar-refractivity contribution in [3.05, 3.63) is 58.4 Å². The van der Waals surface area contributed by atoms with E-state index in [1.807, 2.05) is 37.3 Å². The van der Waals surface area contributed by atoms with Crippen LogP contribution in [0.4, 0.5) is 0 Å². The number of allylic oxidation sites excluding steroid dienone is 1. The zero-order chi connectivity index (χ0) is 14.5. The summed E-state index contributed by atoms with van der Waals surface area (Å²) < 4.78 is 4.95. The molecule has 0 atom stereocenters. The van der Waals surface area contributed by atoms with Crippen molar-refractivity contribution in [1.82, 2.24) is 4.98 Å². The van der Waals surface area contributed by atoms with Crippen LogP contribution in [0.5, 0.6) is 0 Å². The molecule has 4 heteroatoms. The average molecular weight is 290 g/mol. The summed E-state index contributed by atoms with van der Waals surface area (Å²) in [7, 11) is 0. The number of carbonyl (C=O) groups excluding carboxylic acids is 1. The van der Waals surface area contributed by atoms with Crippen molar-refractivity contribution in [3.8, 4) is 0 Å². The maximum Gasteiger partial charge on any atom is 0.354 e. The van der Waals surface area contributed by atoms with E-state index in [4.69, 9.17) is 16.3 Å². The maximum atomic E-state index is 11.6. The van der Waals surface area contributed by atoms with Crippen LogP contribution in [0.15, 0.2) is 36.5 Å². The van der Waals surface area contributed by atoms with Crippen LogP contribution < -0.4 is 0 Å². The minimum Gasteiger partial charge on any atom is -0.461 e. The molecule has 0 bridgehead atoms. The molecule has 0 radical (unpaired) electrons. The number of benzene rings is 1. The maximum absolute atomic E-state index is 11.6. The second-order valence-electron chi connectivity index (χ2n) is 4.40. The Bertz CT molecular complexity index is 626. The van der Waals surface area contributed by atoms with Gasteiger partial charge in [0.1, 0.15) is 5.69 Å². The molecule has 1 aromatic heterocycles. The number of carbonyl (C=O) groups is 1. The third-order valence-corrected chi connectivity index (χ3v) is 3.14. The quantitative estimate of drug-likeness (QED) is 0.847. The number of hydrogen-bond acceptors (Lipinski definition) is 2. The first-order chi connectivity index (χ1) is 9.60. The number of aromatic nitrogens is 1. The van der Waals surface area contributed by atoms with Gasteiger partial charge in [-0.25, -0.2) is 4.79 Å². The summed E-state index contributed by atoms with van der Waals surface area (Å²) in [6.07, 6.45) is 3.84. The molecule has 0 fully saturated rings. The van der Waals surface area contributed by atoms with E-state index < -0.39 is 0 Å². The highest BCUT2D eigenvalue weighted by atomic mass is 35.5. The molecule has 0 aliphatic carbocycles. The SMILES string of the molecule is CCOC(=O)c1cc(/C(C)=C\c2ccc(Cl)cc2)c[nH]1. The van der Waals surface area contributed by atoms with Crippen LogP contribution in [0.2, 0.25) is 5.02 Å². The number of H-pyrrole nitrogens is 1. The van der Waals surface area contributed by atoms with Gasteiger partial charge in [-0.3, -0.25) is 0 Å². The fourth-order valence-corrected chi connectivity index (χ4v) is 1.97. The number of esters is 1. The predicted molar refractivity (Wildman–Crippen MR) is 81.7 cm³/mol. The van der Waals surface area contributed by atoms with E-state index in [1.165, 1.54) is 0 Å². The number of aromatic amines is 1. The number of hydrogen-bond donors (Lipinski definition) is 1. The van der Waals surface area contributed by atoms with E-state index in [0.29, 0.717) is 17.3 Å². The van der Waals surface area contributed by atoms with Crippen molar-refractivity contribution < 1.29 is 9.53 Å². The summed E-state index contributed by atoms with van der Waals surface area (Å²) in [4.78, 5) is 14.5. The Morgan fingerprint density at radius 3 is 2.70 bits per heavy atom. The van der Waals surface area contributed by atoms with Gasteiger partial charge in [-0.15, -0.1) is 0 Å². The molecule has 2 aromatic rings. The fraction of sp³-hybridized carbons (Fsp3) is 0.188. The first kappa shape index (κ1) is 14.4. The Labute approximate surface area is 123 Å². The highest BCUT2D eigenvalue weighted by molar-refractivity contribution is 6.30. The lowest BCUT2D eigenvalue weighted by Crippen LogP contribution is -2.04. The summed E-state index contributed by atoms with van der Waals surface area (Å²) in [5.74, 6) is -0.335. The molecule has 0 aliphatic heterocycles. The van der Waals surface area contributed by atoms with Crippen LogP contribution in [-0.4, -0.2) is 17.6 Å². The number of rotatable bonds is 4. The normalized spacial score (nSPS) is 11.4. The van der Waals surface area contributed by atoms with Crippen molar-refractivity contribution >= 4 is 29.2 Å². The second-order valence-corrected chi connectivity index (χ2v) is 4.84. The van der Waals surface area contributed by atoms with Crippen LogP contribution in [0, 0.1) is 0 Å². The molecule has 1 aromatic carbocycles. The lowest BCUT2D eigenvalue weighted by Gasteiger charge is -1.99. The monoisotopic (exact) mass is 289 g/mol. The van der Waals surface area contributed by atoms with E-state index in [9.17, 15) is 4.79 Å². The molecule has 1 heterocycles. The standard InChI is InChI=1S/C16H16ClNO2/c1-3-20-16(19)15-9-13(10-18-15)11(2)8-12-4-6-14(17)7-5-12/h4-10,18H,3H2,1-2H3/b11-8-. The Kier molecular flexibility index (Phi) is 4.64. The molecule has 0 saturated heterocycles. The van der Waals surface area contributed by atoms with Crippen LogP contribution >= 0.6 is 11.6 Å². The molecular formula is C16H16ClNO2. The molecule has 0 unspecified atom stereocenters. The van der Waals surface area contributed by atoms with E-state index in [-0.39, 0.29) is 5.97 Å². The lowest BCUT2D eigenvalue weighted by atomic mass is 10.1. The van der Waals surface area contributed by atoms with Crippen molar-refractivity contribution in [1.29, 1.82) is 0 Å². The molecule has 20 heavy (non-hydrogen) atoms. The zero-order valence-corrected chi connectivity index (χ0v) is 12.2. The molecular weight excluding hydrogens is 274 g/mol. The van der Waals surface area contributed by atoms with Gasteiger partial charge in [0.15, 0.2) is 0 Å². The Balaban J connectivity index is 2.18. The van der Waals surface area contributed by atoms with Gasteiger partial charge in [0.05, 0.1) is 6.61 Å². The van der Waals surface area contributed by atoms with Crippen molar-refractivity contribution in [2.24, 2.45) is 0 Å². The Morgan fingerprint density at radius 2 is 2.05 bits per heavy atom. The van der Waals surface area contributed by atoms with Gasteiger partial charge in [0, 0.05) is 11.2 Å². The number of ether oxygens (including phenoxy) is 1.